The lowest BCUT2D eigenvalue weighted by atomic mass is 9.76. The van der Waals surface area contributed by atoms with E-state index in [2.05, 4.69) is 11.8 Å². The van der Waals surface area contributed by atoms with Crippen LogP contribution in [0.4, 0.5) is 0 Å². The molecular formula is C14H29N3O3. The van der Waals surface area contributed by atoms with Gasteiger partial charge in [0.05, 0.1) is 0 Å². The fraction of sp³-hybridized carbons (Fsp3) is 1.00. The largest absolute Gasteiger partial charge is 0.387 e. The Bertz CT molecular complexity index is 310. The second kappa shape index (κ2) is 6.68. The summed E-state index contributed by atoms with van der Waals surface area (Å²) in [5, 5.41) is 19.4. The maximum absolute atomic E-state index is 9.85. The Morgan fingerprint density at radius 3 is 2.45 bits per heavy atom. The number of nitrogens with two attached hydrogens (primary N) is 2. The second-order valence-corrected chi connectivity index (χ2v) is 6.61. The van der Waals surface area contributed by atoms with Gasteiger partial charge in [0, 0.05) is 18.6 Å². The van der Waals surface area contributed by atoms with E-state index in [1.165, 1.54) is 19.3 Å². The Morgan fingerprint density at radius 1 is 1.30 bits per heavy atom. The molecule has 1 heterocycles. The van der Waals surface area contributed by atoms with Crippen LogP contribution in [0.25, 0.3) is 0 Å². The highest BCUT2D eigenvalue weighted by molar-refractivity contribution is 4.92. The van der Waals surface area contributed by atoms with E-state index >= 15 is 0 Å². The second-order valence-electron chi connectivity index (χ2n) is 6.61. The summed E-state index contributed by atoms with van der Waals surface area (Å²) < 4.78 is 5.40. The molecule has 2 aliphatic rings. The number of aliphatic hydroxyl groups excluding tert-OH is 2. The van der Waals surface area contributed by atoms with Gasteiger partial charge in [-0.25, -0.2) is 0 Å². The number of hydrogen-bond acceptors (Lipinski definition) is 6. The molecule has 1 aliphatic heterocycles. The van der Waals surface area contributed by atoms with Crippen molar-refractivity contribution >= 4 is 0 Å². The first-order valence-electron chi connectivity index (χ1n) is 7.61. The minimum atomic E-state index is -0.978. The summed E-state index contributed by atoms with van der Waals surface area (Å²) in [5.41, 5.74) is 11.4. The number of hydrogen-bond donors (Lipinski definition) is 4. The molecule has 0 amide bonds. The van der Waals surface area contributed by atoms with Gasteiger partial charge in [0.1, 0.15) is 24.5 Å². The number of nitrogens with zero attached hydrogens (tertiary/aromatic N) is 1. The van der Waals surface area contributed by atoms with E-state index in [0.29, 0.717) is 12.6 Å². The molecule has 6 N–H and O–H groups in total. The molecule has 1 aliphatic carbocycles. The minimum Gasteiger partial charge on any atom is -0.387 e. The molecule has 1 saturated heterocycles. The summed E-state index contributed by atoms with van der Waals surface area (Å²) in [6.07, 6.45) is 1.62. The highest BCUT2D eigenvalue weighted by atomic mass is 16.6. The molecule has 1 saturated carbocycles. The average Bonchev–Trinajstić information content (AvgIpc) is 2.54. The van der Waals surface area contributed by atoms with Crippen LogP contribution in [0.5, 0.6) is 0 Å². The molecule has 5 atom stereocenters. The molecule has 118 valence electrons. The molecule has 20 heavy (non-hydrogen) atoms. The van der Waals surface area contributed by atoms with E-state index in [-0.39, 0.29) is 6.04 Å². The molecule has 0 spiro atoms. The SMILES string of the molecule is CC(N)CCC1CC(N(C)C[C@H]2O[C@@H](N)[C@H](O)[C@@H]2O)C1. The molecule has 6 heteroatoms. The molecule has 0 aromatic rings. The van der Waals surface area contributed by atoms with Crippen molar-refractivity contribution in [2.75, 3.05) is 13.6 Å². The number of ether oxygens (including phenoxy) is 1. The lowest BCUT2D eigenvalue weighted by Crippen LogP contribution is -2.48. The summed E-state index contributed by atoms with van der Waals surface area (Å²) in [5.74, 6) is 0.774. The quantitative estimate of drug-likeness (QED) is 0.511. The third kappa shape index (κ3) is 3.69. The number of likely N-dealkylation sites (N-methyl/N-ethyl adjacent to an activating group) is 1. The smallest absolute Gasteiger partial charge is 0.135 e. The van der Waals surface area contributed by atoms with E-state index in [1.807, 2.05) is 7.05 Å². The number of rotatable bonds is 6. The van der Waals surface area contributed by atoms with E-state index in [9.17, 15) is 10.2 Å². The van der Waals surface area contributed by atoms with Crippen molar-refractivity contribution < 1.29 is 14.9 Å². The standard InChI is InChI=1S/C14H29N3O3/c1-8(15)3-4-9-5-10(6-9)17(2)7-11-12(18)13(19)14(16)20-11/h8-14,18-19H,3-7,15-16H2,1-2H3/t8?,9?,10?,11-,12-,13-,14-/m1/s1. The van der Waals surface area contributed by atoms with E-state index in [4.69, 9.17) is 16.2 Å². The summed E-state index contributed by atoms with van der Waals surface area (Å²) >= 11 is 0. The molecular weight excluding hydrogens is 258 g/mol. The summed E-state index contributed by atoms with van der Waals surface area (Å²) in [4.78, 5) is 2.21. The van der Waals surface area contributed by atoms with Crippen LogP contribution in [-0.4, -0.2) is 65.3 Å². The first-order valence-corrected chi connectivity index (χ1v) is 7.61. The summed E-state index contributed by atoms with van der Waals surface area (Å²) in [6.45, 7) is 2.66. The van der Waals surface area contributed by atoms with Crippen molar-refractivity contribution in [2.45, 2.75) is 69.2 Å². The van der Waals surface area contributed by atoms with Gasteiger partial charge in [0.2, 0.25) is 0 Å². The zero-order chi connectivity index (χ0) is 14.9. The molecule has 0 aromatic carbocycles. The zero-order valence-corrected chi connectivity index (χ0v) is 12.5. The fourth-order valence-electron chi connectivity index (χ4n) is 3.16. The average molecular weight is 287 g/mol. The molecule has 2 fully saturated rings. The Labute approximate surface area is 121 Å². The molecule has 0 radical (unpaired) electrons. The van der Waals surface area contributed by atoms with Gasteiger partial charge < -0.3 is 31.3 Å². The summed E-state index contributed by atoms with van der Waals surface area (Å²) in [7, 11) is 2.04. The van der Waals surface area contributed by atoms with E-state index < -0.39 is 24.5 Å². The van der Waals surface area contributed by atoms with Gasteiger partial charge >= 0.3 is 0 Å². The predicted molar refractivity (Wildman–Crippen MR) is 76.9 cm³/mol. The molecule has 0 bridgehead atoms. The van der Waals surface area contributed by atoms with Crippen LogP contribution in [0.3, 0.4) is 0 Å². The van der Waals surface area contributed by atoms with Crippen LogP contribution in [0.15, 0.2) is 0 Å². The number of aliphatic hydroxyl groups is 2. The summed E-state index contributed by atoms with van der Waals surface area (Å²) in [6, 6.07) is 0.828. The third-order valence-corrected chi connectivity index (χ3v) is 4.73. The molecule has 1 unspecified atom stereocenters. The normalized spacial score (nSPS) is 42.8. The molecule has 0 aromatic heterocycles. The van der Waals surface area contributed by atoms with Crippen molar-refractivity contribution in [3.8, 4) is 0 Å². The van der Waals surface area contributed by atoms with Crippen LogP contribution < -0.4 is 11.5 Å². The van der Waals surface area contributed by atoms with Crippen LogP contribution in [0.1, 0.15) is 32.6 Å². The third-order valence-electron chi connectivity index (χ3n) is 4.73. The lowest BCUT2D eigenvalue weighted by molar-refractivity contribution is -0.0243. The van der Waals surface area contributed by atoms with Crippen LogP contribution >= 0.6 is 0 Å². The highest BCUT2D eigenvalue weighted by Crippen LogP contribution is 2.35. The fourth-order valence-corrected chi connectivity index (χ4v) is 3.16. The first-order chi connectivity index (χ1) is 9.38. The molecule has 2 rings (SSSR count). The van der Waals surface area contributed by atoms with Crippen molar-refractivity contribution in [3.63, 3.8) is 0 Å². The van der Waals surface area contributed by atoms with Gasteiger partial charge in [-0.05, 0) is 45.6 Å². The monoisotopic (exact) mass is 287 g/mol. The van der Waals surface area contributed by atoms with Gasteiger partial charge in [-0.2, -0.15) is 0 Å². The van der Waals surface area contributed by atoms with E-state index in [1.54, 1.807) is 0 Å². The van der Waals surface area contributed by atoms with Gasteiger partial charge in [0.15, 0.2) is 0 Å². The van der Waals surface area contributed by atoms with E-state index in [0.717, 1.165) is 12.3 Å². The van der Waals surface area contributed by atoms with Crippen molar-refractivity contribution in [2.24, 2.45) is 17.4 Å². The predicted octanol–water partition coefficient (Wildman–Crippen LogP) is -0.770. The van der Waals surface area contributed by atoms with Crippen LogP contribution in [0, 0.1) is 5.92 Å². The zero-order valence-electron chi connectivity index (χ0n) is 12.5. The van der Waals surface area contributed by atoms with Crippen LogP contribution in [0.2, 0.25) is 0 Å². The first kappa shape index (κ1) is 16.1. The minimum absolute atomic E-state index is 0.289. The topological polar surface area (TPSA) is 105 Å². The van der Waals surface area contributed by atoms with Gasteiger partial charge in [-0.15, -0.1) is 0 Å². The Balaban J connectivity index is 1.68. The maximum Gasteiger partial charge on any atom is 0.135 e. The maximum atomic E-state index is 9.85. The molecule has 6 nitrogen and oxygen atoms in total. The van der Waals surface area contributed by atoms with Crippen molar-refractivity contribution in [1.29, 1.82) is 0 Å². The van der Waals surface area contributed by atoms with Gasteiger partial charge in [-0.3, -0.25) is 0 Å². The van der Waals surface area contributed by atoms with Crippen molar-refractivity contribution in [3.05, 3.63) is 0 Å². The van der Waals surface area contributed by atoms with Crippen LogP contribution in [-0.2, 0) is 4.74 Å². The van der Waals surface area contributed by atoms with Gasteiger partial charge in [0.25, 0.3) is 0 Å². The van der Waals surface area contributed by atoms with Crippen molar-refractivity contribution in [1.82, 2.24) is 4.90 Å². The lowest BCUT2D eigenvalue weighted by Gasteiger charge is -2.42. The van der Waals surface area contributed by atoms with Gasteiger partial charge in [-0.1, -0.05) is 0 Å². The Morgan fingerprint density at radius 2 is 1.95 bits per heavy atom. The Kier molecular flexibility index (Phi) is 5.39. The highest BCUT2D eigenvalue weighted by Gasteiger charge is 2.42. The Hall–Kier alpha value is -0.240.